The second-order valence-electron chi connectivity index (χ2n) is 5.17. The monoisotopic (exact) mass is 333 g/mol. The minimum absolute atomic E-state index is 0.462. The fourth-order valence-corrected chi connectivity index (χ4v) is 2.62. The van der Waals surface area contributed by atoms with Crippen molar-refractivity contribution in [2.45, 2.75) is 13.0 Å². The number of anilines is 1. The Labute approximate surface area is 137 Å². The van der Waals surface area contributed by atoms with Crippen molar-refractivity contribution >= 4 is 28.3 Å². The zero-order valence-electron chi connectivity index (χ0n) is 12.4. The van der Waals surface area contributed by atoms with Gasteiger partial charge in [-0.3, -0.25) is 0 Å². The van der Waals surface area contributed by atoms with Crippen LogP contribution in [0.5, 0.6) is 0 Å². The van der Waals surface area contributed by atoms with Crippen LogP contribution in [0.3, 0.4) is 0 Å². The number of para-hydroxylation sites is 1. The van der Waals surface area contributed by atoms with Gasteiger partial charge in [-0.25, -0.2) is 18.7 Å². The first kappa shape index (κ1) is 15.6. The van der Waals surface area contributed by atoms with Gasteiger partial charge in [-0.05, 0) is 23.8 Å². The summed E-state index contributed by atoms with van der Waals surface area (Å²) < 4.78 is 26.1. The standard InChI is InChI=1S/C17H14ClF2N3/c1-23(10-11-6-2-4-8-13(11)18)17-12-7-3-5-9-14(12)21-16(22-17)15(19)20/h2-9,15H,10H2,1H3. The fraction of sp³-hybridized carbons (Fsp3) is 0.176. The largest absolute Gasteiger partial charge is 0.355 e. The first-order valence-corrected chi connectivity index (χ1v) is 7.43. The second-order valence-corrected chi connectivity index (χ2v) is 5.58. The summed E-state index contributed by atoms with van der Waals surface area (Å²) in [5, 5.41) is 1.36. The molecule has 0 saturated heterocycles. The van der Waals surface area contributed by atoms with E-state index in [0.29, 0.717) is 22.9 Å². The number of aromatic nitrogens is 2. The lowest BCUT2D eigenvalue weighted by Crippen LogP contribution is -2.19. The van der Waals surface area contributed by atoms with Crippen LogP contribution < -0.4 is 4.90 Å². The van der Waals surface area contributed by atoms with Gasteiger partial charge in [-0.2, -0.15) is 0 Å². The van der Waals surface area contributed by atoms with Crippen molar-refractivity contribution in [2.75, 3.05) is 11.9 Å². The highest BCUT2D eigenvalue weighted by atomic mass is 35.5. The molecule has 0 bridgehead atoms. The molecule has 0 N–H and O–H groups in total. The van der Waals surface area contributed by atoms with Gasteiger partial charge in [0.25, 0.3) is 6.43 Å². The highest BCUT2D eigenvalue weighted by Gasteiger charge is 2.17. The van der Waals surface area contributed by atoms with Crippen LogP contribution in [0.1, 0.15) is 17.8 Å². The minimum Gasteiger partial charge on any atom is -0.355 e. The number of hydrogen-bond acceptors (Lipinski definition) is 3. The Bertz CT molecular complexity index is 839. The SMILES string of the molecule is CN(Cc1ccccc1Cl)c1nc(C(F)F)nc2ccccc12. The van der Waals surface area contributed by atoms with Gasteiger partial charge in [0.1, 0.15) is 5.82 Å². The maximum Gasteiger partial charge on any atom is 0.297 e. The van der Waals surface area contributed by atoms with Crippen LogP contribution >= 0.6 is 11.6 Å². The number of alkyl halides is 2. The van der Waals surface area contributed by atoms with Crippen molar-refractivity contribution in [3.8, 4) is 0 Å². The number of halogens is 3. The van der Waals surface area contributed by atoms with Crippen LogP contribution in [0.4, 0.5) is 14.6 Å². The molecule has 0 amide bonds. The third-order valence-electron chi connectivity index (χ3n) is 3.52. The maximum absolute atomic E-state index is 13.1. The molecule has 0 saturated carbocycles. The molecular formula is C17H14ClF2N3. The maximum atomic E-state index is 13.1. The van der Waals surface area contributed by atoms with Gasteiger partial charge in [0.05, 0.1) is 5.52 Å². The minimum atomic E-state index is -2.72. The van der Waals surface area contributed by atoms with Gasteiger partial charge in [-0.1, -0.05) is 41.9 Å². The Kier molecular flexibility index (Phi) is 4.39. The summed E-state index contributed by atoms with van der Waals surface area (Å²) in [4.78, 5) is 9.78. The van der Waals surface area contributed by atoms with Crippen molar-refractivity contribution in [1.82, 2.24) is 9.97 Å². The lowest BCUT2D eigenvalue weighted by molar-refractivity contribution is 0.141. The normalized spacial score (nSPS) is 11.2. The first-order chi connectivity index (χ1) is 11.1. The van der Waals surface area contributed by atoms with Gasteiger partial charge in [-0.15, -0.1) is 0 Å². The second kappa shape index (κ2) is 6.46. The molecule has 3 aromatic rings. The van der Waals surface area contributed by atoms with Crippen LogP contribution in [0.2, 0.25) is 5.02 Å². The van der Waals surface area contributed by atoms with E-state index in [2.05, 4.69) is 9.97 Å². The molecule has 0 unspecified atom stereocenters. The van der Waals surface area contributed by atoms with Crippen LogP contribution in [-0.2, 0) is 6.54 Å². The zero-order chi connectivity index (χ0) is 16.4. The molecule has 0 aliphatic heterocycles. The summed E-state index contributed by atoms with van der Waals surface area (Å²) in [5.74, 6) is -0.00414. The molecular weight excluding hydrogens is 320 g/mol. The van der Waals surface area contributed by atoms with Gasteiger partial charge < -0.3 is 4.90 Å². The fourth-order valence-electron chi connectivity index (χ4n) is 2.42. The van der Waals surface area contributed by atoms with Gasteiger partial charge in [0.15, 0.2) is 5.82 Å². The topological polar surface area (TPSA) is 29.0 Å². The van der Waals surface area contributed by atoms with E-state index in [9.17, 15) is 8.78 Å². The van der Waals surface area contributed by atoms with E-state index in [1.54, 1.807) is 30.1 Å². The molecule has 2 aromatic carbocycles. The summed E-state index contributed by atoms with van der Waals surface area (Å²) in [6, 6.07) is 14.6. The van der Waals surface area contributed by atoms with E-state index in [0.717, 1.165) is 10.9 Å². The van der Waals surface area contributed by atoms with Crippen LogP contribution in [0.15, 0.2) is 48.5 Å². The number of hydrogen-bond donors (Lipinski definition) is 0. The van der Waals surface area contributed by atoms with E-state index in [1.807, 2.05) is 30.3 Å². The lowest BCUT2D eigenvalue weighted by Gasteiger charge is -2.21. The van der Waals surface area contributed by atoms with Crippen molar-refractivity contribution in [3.05, 3.63) is 64.9 Å². The smallest absolute Gasteiger partial charge is 0.297 e. The molecule has 1 heterocycles. The Morgan fingerprint density at radius 3 is 2.48 bits per heavy atom. The van der Waals surface area contributed by atoms with Crippen LogP contribution in [0, 0.1) is 0 Å². The average Bonchev–Trinajstić information content (AvgIpc) is 2.55. The van der Waals surface area contributed by atoms with Crippen molar-refractivity contribution in [2.24, 2.45) is 0 Å². The van der Waals surface area contributed by atoms with Gasteiger partial charge in [0.2, 0.25) is 0 Å². The van der Waals surface area contributed by atoms with E-state index >= 15 is 0 Å². The summed E-state index contributed by atoms with van der Waals surface area (Å²) in [6.07, 6.45) is -2.72. The Balaban J connectivity index is 2.05. The highest BCUT2D eigenvalue weighted by molar-refractivity contribution is 6.31. The summed E-state index contributed by atoms with van der Waals surface area (Å²) >= 11 is 6.18. The number of nitrogens with zero attached hydrogens (tertiary/aromatic N) is 3. The van der Waals surface area contributed by atoms with Crippen molar-refractivity contribution < 1.29 is 8.78 Å². The number of benzene rings is 2. The molecule has 1 aromatic heterocycles. The molecule has 0 radical (unpaired) electrons. The molecule has 0 fully saturated rings. The quantitative estimate of drug-likeness (QED) is 0.683. The molecule has 0 spiro atoms. The predicted octanol–water partition coefficient (Wildman–Crippen LogP) is 4.86. The van der Waals surface area contributed by atoms with Crippen LogP contribution in [0.25, 0.3) is 10.9 Å². The van der Waals surface area contributed by atoms with Gasteiger partial charge in [0, 0.05) is 24.0 Å². The summed E-state index contributed by atoms with van der Waals surface area (Å²) in [6.45, 7) is 0.462. The van der Waals surface area contributed by atoms with E-state index in [1.165, 1.54) is 0 Å². The Morgan fingerprint density at radius 2 is 1.74 bits per heavy atom. The molecule has 0 atom stereocenters. The van der Waals surface area contributed by atoms with Crippen molar-refractivity contribution in [1.29, 1.82) is 0 Å². The molecule has 23 heavy (non-hydrogen) atoms. The summed E-state index contributed by atoms with van der Waals surface area (Å²) in [5.41, 5.74) is 1.40. The Morgan fingerprint density at radius 1 is 1.04 bits per heavy atom. The lowest BCUT2D eigenvalue weighted by atomic mass is 10.2. The van der Waals surface area contributed by atoms with E-state index in [4.69, 9.17) is 11.6 Å². The molecule has 0 aliphatic carbocycles. The Hall–Kier alpha value is -2.27. The highest BCUT2D eigenvalue weighted by Crippen LogP contribution is 2.28. The number of rotatable bonds is 4. The van der Waals surface area contributed by atoms with E-state index in [-0.39, 0.29) is 0 Å². The molecule has 3 rings (SSSR count). The van der Waals surface area contributed by atoms with Gasteiger partial charge >= 0.3 is 0 Å². The third-order valence-corrected chi connectivity index (χ3v) is 3.89. The molecule has 0 aliphatic rings. The third kappa shape index (κ3) is 3.24. The zero-order valence-corrected chi connectivity index (χ0v) is 13.1. The van der Waals surface area contributed by atoms with E-state index < -0.39 is 12.2 Å². The molecule has 3 nitrogen and oxygen atoms in total. The number of fused-ring (bicyclic) bond motifs is 1. The van der Waals surface area contributed by atoms with Crippen LogP contribution in [-0.4, -0.2) is 17.0 Å². The average molecular weight is 334 g/mol. The first-order valence-electron chi connectivity index (χ1n) is 7.05. The van der Waals surface area contributed by atoms with Crippen molar-refractivity contribution in [3.63, 3.8) is 0 Å². The molecule has 6 heteroatoms. The predicted molar refractivity (Wildman–Crippen MR) is 88.1 cm³/mol. The summed E-state index contributed by atoms with van der Waals surface area (Å²) in [7, 11) is 1.80. The molecule has 118 valence electrons.